The lowest BCUT2D eigenvalue weighted by molar-refractivity contribution is -0.232. The molecule has 0 saturated heterocycles. The summed E-state index contributed by atoms with van der Waals surface area (Å²) < 4.78 is 0. The fourth-order valence-electron chi connectivity index (χ4n) is 11.1. The smallest absolute Gasteiger partial charge is 0.310 e. The Hall–Kier alpha value is -0.910. The minimum absolute atomic E-state index is 0.00815. The van der Waals surface area contributed by atoms with E-state index in [0.717, 1.165) is 32.1 Å². The number of aliphatic carboxylic acids is 1. The van der Waals surface area contributed by atoms with E-state index in [9.17, 15) is 25.2 Å². The Bertz CT molecular complexity index is 926. The van der Waals surface area contributed by atoms with Crippen molar-refractivity contribution in [1.29, 1.82) is 0 Å². The molecule has 4 saturated carbocycles. The molecule has 5 aliphatic rings. The molecular formula is C30H48O5. The van der Waals surface area contributed by atoms with Crippen molar-refractivity contribution in [2.24, 2.45) is 56.7 Å². The largest absolute Gasteiger partial charge is 0.481 e. The first-order chi connectivity index (χ1) is 16.2. The Morgan fingerprint density at radius 2 is 1.69 bits per heavy atom. The molecule has 0 aromatic rings. The summed E-state index contributed by atoms with van der Waals surface area (Å²) in [7, 11) is 0. The van der Waals surface area contributed by atoms with Gasteiger partial charge in [0, 0.05) is 12.5 Å². The third kappa shape index (κ3) is 3.01. The molecule has 0 amide bonds. The number of allylic oxidation sites excluding steroid dienone is 2. The van der Waals surface area contributed by atoms with Gasteiger partial charge in [-0.05, 0) is 96.7 Å². The quantitative estimate of drug-likeness (QED) is 0.409. The number of aliphatic hydroxyl groups excluding tert-OH is 3. The van der Waals surface area contributed by atoms with Crippen molar-refractivity contribution in [1.82, 2.24) is 0 Å². The number of hydrogen-bond donors (Lipinski definition) is 4. The minimum atomic E-state index is -0.761. The first kappa shape index (κ1) is 25.7. The molecule has 5 nitrogen and oxygen atoms in total. The van der Waals surface area contributed by atoms with Crippen LogP contribution in [0.4, 0.5) is 0 Å². The normalized spacial score (nSPS) is 55.0. The second-order valence-electron chi connectivity index (χ2n) is 14.6. The van der Waals surface area contributed by atoms with Crippen LogP contribution in [0.5, 0.6) is 0 Å². The van der Waals surface area contributed by atoms with Gasteiger partial charge in [0.05, 0.1) is 17.6 Å². The maximum absolute atomic E-state index is 12.8. The van der Waals surface area contributed by atoms with Crippen LogP contribution in [0.15, 0.2) is 11.6 Å². The van der Waals surface area contributed by atoms with Crippen LogP contribution in [0.2, 0.25) is 0 Å². The molecule has 4 fully saturated rings. The lowest BCUT2D eigenvalue weighted by Crippen LogP contribution is -2.67. The Morgan fingerprint density at radius 3 is 2.31 bits per heavy atom. The van der Waals surface area contributed by atoms with Crippen LogP contribution in [0.25, 0.3) is 0 Å². The zero-order valence-electron chi connectivity index (χ0n) is 22.7. The summed E-state index contributed by atoms with van der Waals surface area (Å²) in [5.41, 5.74) is -0.00646. The van der Waals surface area contributed by atoms with Gasteiger partial charge in [-0.2, -0.15) is 0 Å². The fourth-order valence-corrected chi connectivity index (χ4v) is 11.1. The number of aliphatic hydroxyl groups is 3. The maximum Gasteiger partial charge on any atom is 0.310 e. The van der Waals surface area contributed by atoms with Crippen molar-refractivity contribution in [3.63, 3.8) is 0 Å². The summed E-state index contributed by atoms with van der Waals surface area (Å²) in [4.78, 5) is 12.8. The van der Waals surface area contributed by atoms with E-state index in [1.807, 2.05) is 0 Å². The molecule has 0 aromatic carbocycles. The fraction of sp³-hybridized carbons (Fsp3) is 0.900. The van der Waals surface area contributed by atoms with Crippen molar-refractivity contribution in [2.45, 2.75) is 105 Å². The summed E-state index contributed by atoms with van der Waals surface area (Å²) in [5.74, 6) is 0.232. The van der Waals surface area contributed by atoms with E-state index in [1.54, 1.807) is 0 Å². The highest BCUT2D eigenvalue weighted by atomic mass is 16.4. The predicted molar refractivity (Wildman–Crippen MR) is 135 cm³/mol. The minimum Gasteiger partial charge on any atom is -0.481 e. The molecule has 5 heteroatoms. The van der Waals surface area contributed by atoms with Crippen molar-refractivity contribution >= 4 is 5.97 Å². The standard InChI is InChI=1S/C30H48O5/c1-17-9-12-30(25(34)35)14-13-28(5)19(23(30)18(17)16-31)7-8-22-27(4)15-20(32)24(33)26(2,3)21(27)10-11-29(22,28)6/h7,17-18,20-24,31-33H,8-16H2,1-6H3,(H,34,35)/t17-,18+,20-,21+,22-,23+,24+,27+,28-,29-,30+/m1/s1. The van der Waals surface area contributed by atoms with Crippen LogP contribution in [-0.4, -0.2) is 45.2 Å². The van der Waals surface area contributed by atoms with Crippen LogP contribution < -0.4 is 0 Å². The molecule has 0 aliphatic heterocycles. The number of rotatable bonds is 2. The number of hydrogen-bond acceptors (Lipinski definition) is 4. The molecule has 35 heavy (non-hydrogen) atoms. The van der Waals surface area contributed by atoms with Gasteiger partial charge in [-0.1, -0.05) is 53.2 Å². The van der Waals surface area contributed by atoms with Gasteiger partial charge >= 0.3 is 5.97 Å². The van der Waals surface area contributed by atoms with Crippen molar-refractivity contribution in [3.8, 4) is 0 Å². The molecule has 0 heterocycles. The van der Waals surface area contributed by atoms with Crippen molar-refractivity contribution < 1.29 is 25.2 Å². The zero-order valence-corrected chi connectivity index (χ0v) is 22.7. The summed E-state index contributed by atoms with van der Waals surface area (Å²) in [6.45, 7) is 13.7. The molecule has 5 rings (SSSR count). The summed E-state index contributed by atoms with van der Waals surface area (Å²) in [6, 6.07) is 0. The monoisotopic (exact) mass is 488 g/mol. The highest BCUT2D eigenvalue weighted by Crippen LogP contribution is 2.75. The lowest BCUT2D eigenvalue weighted by atomic mass is 9.33. The molecule has 0 bridgehead atoms. The Balaban J connectivity index is 1.63. The predicted octanol–water partition coefficient (Wildman–Crippen LogP) is 5.03. The van der Waals surface area contributed by atoms with Gasteiger partial charge in [0.1, 0.15) is 0 Å². The van der Waals surface area contributed by atoms with Crippen LogP contribution in [0.3, 0.4) is 0 Å². The average Bonchev–Trinajstić information content (AvgIpc) is 2.78. The van der Waals surface area contributed by atoms with Gasteiger partial charge < -0.3 is 20.4 Å². The summed E-state index contributed by atoms with van der Waals surface area (Å²) in [5, 5.41) is 42.9. The highest BCUT2D eigenvalue weighted by molar-refractivity contribution is 5.76. The van der Waals surface area contributed by atoms with Gasteiger partial charge in [0.2, 0.25) is 0 Å². The third-order valence-corrected chi connectivity index (χ3v) is 13.3. The zero-order chi connectivity index (χ0) is 25.8. The van der Waals surface area contributed by atoms with Gasteiger partial charge in [-0.15, -0.1) is 0 Å². The molecule has 0 unspecified atom stereocenters. The van der Waals surface area contributed by atoms with Gasteiger partial charge in [0.15, 0.2) is 0 Å². The highest BCUT2D eigenvalue weighted by Gasteiger charge is 2.70. The number of fused-ring (bicyclic) bond motifs is 7. The molecule has 4 N–H and O–H groups in total. The second kappa shape index (κ2) is 7.80. The number of carbonyl (C=O) groups is 1. The van der Waals surface area contributed by atoms with Crippen LogP contribution >= 0.6 is 0 Å². The summed E-state index contributed by atoms with van der Waals surface area (Å²) >= 11 is 0. The Kier molecular flexibility index (Phi) is 5.73. The van der Waals surface area contributed by atoms with E-state index in [2.05, 4.69) is 47.6 Å². The SMILES string of the molecule is C[C@@H]1CC[C@]2(C(=O)O)CC[C@]3(C)C(=CC[C@@H]4[C@@]5(C)C[C@@H](O)[C@H](O)C(C)(C)[C@@H]5CC[C@]43C)[C@@H]2[C@H]1CO. The number of carboxylic acid groups (broad SMARTS) is 1. The van der Waals surface area contributed by atoms with Gasteiger partial charge in [-0.25, -0.2) is 0 Å². The molecule has 198 valence electrons. The van der Waals surface area contributed by atoms with E-state index < -0.39 is 23.6 Å². The molecular weight excluding hydrogens is 440 g/mol. The van der Waals surface area contributed by atoms with Crippen molar-refractivity contribution in [2.75, 3.05) is 6.61 Å². The van der Waals surface area contributed by atoms with Gasteiger partial charge in [-0.3, -0.25) is 4.79 Å². The van der Waals surface area contributed by atoms with Gasteiger partial charge in [0.25, 0.3) is 0 Å². The van der Waals surface area contributed by atoms with Crippen LogP contribution in [0.1, 0.15) is 92.9 Å². The van der Waals surface area contributed by atoms with Crippen LogP contribution in [0, 0.1) is 56.7 Å². The molecule has 5 aliphatic carbocycles. The number of carboxylic acids is 1. The van der Waals surface area contributed by atoms with Crippen molar-refractivity contribution in [3.05, 3.63) is 11.6 Å². The first-order valence-corrected chi connectivity index (χ1v) is 14.1. The second-order valence-corrected chi connectivity index (χ2v) is 14.6. The Labute approximate surface area is 211 Å². The van der Waals surface area contributed by atoms with E-state index in [1.165, 1.54) is 5.57 Å². The van der Waals surface area contributed by atoms with E-state index >= 15 is 0 Å². The average molecular weight is 489 g/mol. The van der Waals surface area contributed by atoms with E-state index in [-0.39, 0.29) is 40.1 Å². The Morgan fingerprint density at radius 1 is 1.00 bits per heavy atom. The molecule has 0 radical (unpaired) electrons. The van der Waals surface area contributed by atoms with E-state index in [0.29, 0.717) is 37.0 Å². The molecule has 0 aromatic heterocycles. The summed E-state index contributed by atoms with van der Waals surface area (Å²) in [6.07, 6.45) is 7.71. The third-order valence-electron chi connectivity index (χ3n) is 13.3. The van der Waals surface area contributed by atoms with E-state index in [4.69, 9.17) is 0 Å². The lowest BCUT2D eigenvalue weighted by Gasteiger charge is -2.71. The van der Waals surface area contributed by atoms with Crippen LogP contribution in [-0.2, 0) is 4.79 Å². The molecule has 0 spiro atoms. The first-order valence-electron chi connectivity index (χ1n) is 14.1. The molecule has 11 atom stereocenters. The maximum atomic E-state index is 12.8. The topological polar surface area (TPSA) is 98.0 Å².